The van der Waals surface area contributed by atoms with E-state index in [4.69, 9.17) is 11.6 Å². The van der Waals surface area contributed by atoms with Crippen molar-refractivity contribution in [3.8, 4) is 0 Å². The van der Waals surface area contributed by atoms with Crippen molar-refractivity contribution < 1.29 is 9.18 Å². The van der Waals surface area contributed by atoms with Crippen LogP contribution < -0.4 is 0 Å². The molecule has 0 spiro atoms. The molecule has 14 heavy (non-hydrogen) atoms. The summed E-state index contributed by atoms with van der Waals surface area (Å²) in [5, 5.41) is 0. The minimum absolute atomic E-state index is 0.0728. The first-order chi connectivity index (χ1) is 6.56. The summed E-state index contributed by atoms with van der Waals surface area (Å²) in [5.41, 5.74) is 0.831. The number of ketones is 1. The van der Waals surface area contributed by atoms with Crippen molar-refractivity contribution in [3.63, 3.8) is 0 Å². The quantitative estimate of drug-likeness (QED) is 0.611. The molecule has 4 heteroatoms. The van der Waals surface area contributed by atoms with Crippen LogP contribution in [0.4, 0.5) is 4.39 Å². The van der Waals surface area contributed by atoms with Crippen molar-refractivity contribution in [2.75, 3.05) is 0 Å². The van der Waals surface area contributed by atoms with E-state index in [1.54, 1.807) is 6.92 Å². The molecule has 0 bridgehead atoms. The average Bonchev–Trinajstić information content (AvgIpc) is 2.17. The second kappa shape index (κ2) is 4.89. The summed E-state index contributed by atoms with van der Waals surface area (Å²) in [6.07, 6.45) is 0. The van der Waals surface area contributed by atoms with Gasteiger partial charge in [-0.25, -0.2) is 4.39 Å². The van der Waals surface area contributed by atoms with Gasteiger partial charge in [0, 0.05) is 11.1 Å². The van der Waals surface area contributed by atoms with Gasteiger partial charge in [0.2, 0.25) is 0 Å². The van der Waals surface area contributed by atoms with E-state index in [9.17, 15) is 9.18 Å². The fourth-order valence-electron chi connectivity index (χ4n) is 1.06. The highest BCUT2D eigenvalue weighted by Crippen LogP contribution is 2.16. The van der Waals surface area contributed by atoms with Crippen LogP contribution in [0, 0.1) is 5.82 Å². The molecule has 0 amide bonds. The van der Waals surface area contributed by atoms with Gasteiger partial charge in [-0.3, -0.25) is 4.79 Å². The minimum atomic E-state index is -0.376. The highest BCUT2D eigenvalue weighted by atomic mass is 79.9. The van der Waals surface area contributed by atoms with Crippen LogP contribution in [0.1, 0.15) is 22.8 Å². The smallest absolute Gasteiger partial charge is 0.176 e. The van der Waals surface area contributed by atoms with E-state index in [-0.39, 0.29) is 22.3 Å². The Morgan fingerprint density at radius 3 is 2.79 bits per heavy atom. The molecule has 0 saturated carbocycles. The van der Waals surface area contributed by atoms with E-state index in [0.29, 0.717) is 11.1 Å². The number of carbonyl (C=O) groups is 1. The molecule has 1 rings (SSSR count). The second-order valence-electron chi connectivity index (χ2n) is 2.92. The third-order valence-electron chi connectivity index (χ3n) is 1.84. The Morgan fingerprint density at radius 2 is 2.29 bits per heavy atom. The number of Topliss-reactive ketones (excluding diaryl/α,β-unsaturated/α-hetero) is 1. The van der Waals surface area contributed by atoms with Gasteiger partial charge < -0.3 is 0 Å². The molecule has 0 aliphatic rings. The third-order valence-corrected chi connectivity index (χ3v) is 2.54. The summed E-state index contributed by atoms with van der Waals surface area (Å²) >= 11 is 8.69. The Labute approximate surface area is 95.4 Å². The standard InChI is InChI=1S/C10H9BrClFO/c1-6(11)10(14)7-2-3-9(13)8(4-7)5-12/h2-4,6H,5H2,1H3. The molecular formula is C10H9BrClFO. The molecule has 1 atom stereocenters. The molecular weight excluding hydrogens is 270 g/mol. The summed E-state index contributed by atoms with van der Waals surface area (Å²) in [6.45, 7) is 1.73. The molecule has 0 N–H and O–H groups in total. The van der Waals surface area contributed by atoms with Crippen LogP contribution in [0.25, 0.3) is 0 Å². The first-order valence-corrected chi connectivity index (χ1v) is 5.54. The molecule has 0 heterocycles. The van der Waals surface area contributed by atoms with Gasteiger partial charge in [-0.2, -0.15) is 0 Å². The maximum absolute atomic E-state index is 13.0. The summed E-state index contributed by atoms with van der Waals surface area (Å²) in [4.78, 5) is 11.2. The van der Waals surface area contributed by atoms with E-state index in [1.807, 2.05) is 0 Å². The van der Waals surface area contributed by atoms with Crippen molar-refractivity contribution in [1.82, 2.24) is 0 Å². The SMILES string of the molecule is CC(Br)C(=O)c1ccc(F)c(CCl)c1. The Morgan fingerprint density at radius 1 is 1.64 bits per heavy atom. The lowest BCUT2D eigenvalue weighted by Gasteiger charge is -2.05. The van der Waals surface area contributed by atoms with Gasteiger partial charge in [-0.1, -0.05) is 15.9 Å². The molecule has 1 nitrogen and oxygen atoms in total. The highest BCUT2D eigenvalue weighted by Gasteiger charge is 2.13. The van der Waals surface area contributed by atoms with Gasteiger partial charge in [-0.15, -0.1) is 11.6 Å². The molecule has 0 fully saturated rings. The molecule has 0 radical (unpaired) electrons. The lowest BCUT2D eigenvalue weighted by molar-refractivity contribution is 0.0995. The number of rotatable bonds is 3. The Kier molecular flexibility index (Phi) is 4.08. The maximum Gasteiger partial charge on any atom is 0.176 e. The first-order valence-electron chi connectivity index (χ1n) is 4.09. The van der Waals surface area contributed by atoms with Gasteiger partial charge >= 0.3 is 0 Å². The largest absolute Gasteiger partial charge is 0.293 e. The van der Waals surface area contributed by atoms with Gasteiger partial charge in [-0.05, 0) is 25.1 Å². The second-order valence-corrected chi connectivity index (χ2v) is 4.56. The molecule has 1 aromatic rings. The molecule has 1 aromatic carbocycles. The zero-order valence-corrected chi connectivity index (χ0v) is 9.90. The fraction of sp³-hybridized carbons (Fsp3) is 0.300. The zero-order chi connectivity index (χ0) is 10.7. The number of alkyl halides is 2. The van der Waals surface area contributed by atoms with Crippen molar-refractivity contribution in [1.29, 1.82) is 0 Å². The predicted molar refractivity (Wildman–Crippen MR) is 58.7 cm³/mol. The van der Waals surface area contributed by atoms with E-state index in [0.717, 1.165) is 0 Å². The van der Waals surface area contributed by atoms with E-state index in [2.05, 4.69) is 15.9 Å². The van der Waals surface area contributed by atoms with Crippen molar-refractivity contribution in [2.45, 2.75) is 17.6 Å². The minimum Gasteiger partial charge on any atom is -0.293 e. The highest BCUT2D eigenvalue weighted by molar-refractivity contribution is 9.10. The summed E-state index contributed by atoms with van der Waals surface area (Å²) in [6, 6.07) is 4.22. The molecule has 1 unspecified atom stereocenters. The molecule has 0 saturated heterocycles. The average molecular weight is 280 g/mol. The Bertz CT molecular complexity index is 352. The maximum atomic E-state index is 13.0. The van der Waals surface area contributed by atoms with Gasteiger partial charge in [0.1, 0.15) is 5.82 Å². The van der Waals surface area contributed by atoms with Crippen LogP contribution in [-0.2, 0) is 5.88 Å². The van der Waals surface area contributed by atoms with Crippen LogP contribution in [0.15, 0.2) is 18.2 Å². The molecule has 76 valence electrons. The number of benzene rings is 1. The number of carbonyl (C=O) groups excluding carboxylic acids is 1. The van der Waals surface area contributed by atoms with Crippen LogP contribution in [-0.4, -0.2) is 10.6 Å². The van der Waals surface area contributed by atoms with E-state index in [1.165, 1.54) is 18.2 Å². The Hall–Kier alpha value is -0.410. The predicted octanol–water partition coefficient (Wildman–Crippen LogP) is 3.53. The lowest BCUT2D eigenvalue weighted by Crippen LogP contribution is -2.10. The third kappa shape index (κ3) is 2.55. The van der Waals surface area contributed by atoms with Crippen molar-refractivity contribution in [2.24, 2.45) is 0 Å². The molecule has 0 aliphatic heterocycles. The summed E-state index contributed by atoms with van der Waals surface area (Å²) in [7, 11) is 0. The van der Waals surface area contributed by atoms with E-state index >= 15 is 0 Å². The zero-order valence-electron chi connectivity index (χ0n) is 7.56. The van der Waals surface area contributed by atoms with Crippen LogP contribution in [0.2, 0.25) is 0 Å². The van der Waals surface area contributed by atoms with E-state index < -0.39 is 0 Å². The normalized spacial score (nSPS) is 12.6. The number of halogens is 3. The number of hydrogen-bond donors (Lipinski definition) is 0. The fourth-order valence-corrected chi connectivity index (χ4v) is 1.53. The lowest BCUT2D eigenvalue weighted by atomic mass is 10.1. The Balaban J connectivity index is 3.06. The monoisotopic (exact) mass is 278 g/mol. The molecule has 0 aliphatic carbocycles. The summed E-state index contributed by atoms with van der Waals surface area (Å²) < 4.78 is 13.0. The van der Waals surface area contributed by atoms with Crippen LogP contribution in [0.3, 0.4) is 0 Å². The topological polar surface area (TPSA) is 17.1 Å². The van der Waals surface area contributed by atoms with Crippen molar-refractivity contribution in [3.05, 3.63) is 35.1 Å². The molecule has 0 aromatic heterocycles. The van der Waals surface area contributed by atoms with Crippen molar-refractivity contribution >= 4 is 33.3 Å². The van der Waals surface area contributed by atoms with Gasteiger partial charge in [0.15, 0.2) is 5.78 Å². The van der Waals surface area contributed by atoms with Gasteiger partial charge in [0.25, 0.3) is 0 Å². The first kappa shape index (κ1) is 11.7. The summed E-state index contributed by atoms with van der Waals surface area (Å²) in [5.74, 6) is -0.376. The van der Waals surface area contributed by atoms with Gasteiger partial charge in [0.05, 0.1) is 10.7 Å². The van der Waals surface area contributed by atoms with Crippen LogP contribution in [0.5, 0.6) is 0 Å². The number of hydrogen-bond acceptors (Lipinski definition) is 1. The van der Waals surface area contributed by atoms with Crippen LogP contribution >= 0.6 is 27.5 Å².